The number of hydrogen-bond acceptors (Lipinski definition) is 4. The van der Waals surface area contributed by atoms with Gasteiger partial charge in [-0.25, -0.2) is 4.98 Å². The highest BCUT2D eigenvalue weighted by Crippen LogP contribution is 2.11. The average Bonchev–Trinajstić information content (AvgIpc) is 3.36. The van der Waals surface area contributed by atoms with Gasteiger partial charge in [0.05, 0.1) is 23.6 Å². The third-order valence-corrected chi connectivity index (χ3v) is 4.20. The summed E-state index contributed by atoms with van der Waals surface area (Å²) in [4.78, 5) is 8.67. The van der Waals surface area contributed by atoms with E-state index in [4.69, 9.17) is 9.15 Å². The van der Waals surface area contributed by atoms with Gasteiger partial charge in [-0.1, -0.05) is 12.1 Å². The lowest BCUT2D eigenvalue weighted by atomic mass is 10.3. The predicted molar refractivity (Wildman–Crippen MR) is 122 cm³/mol. The van der Waals surface area contributed by atoms with E-state index in [2.05, 4.69) is 31.2 Å². The van der Waals surface area contributed by atoms with Crippen LogP contribution in [-0.4, -0.2) is 42.3 Å². The molecule has 2 N–H and O–H groups in total. The number of nitrogens with one attached hydrogen (secondary N) is 2. The number of aryl methyl sites for hydroxylation is 1. The van der Waals surface area contributed by atoms with Crippen molar-refractivity contribution < 1.29 is 9.15 Å². The first-order valence-electron chi connectivity index (χ1n) is 9.31. The number of ether oxygens (including phenoxy) is 1. The third kappa shape index (κ3) is 6.83. The van der Waals surface area contributed by atoms with Gasteiger partial charge in [-0.2, -0.15) is 0 Å². The van der Waals surface area contributed by atoms with Crippen molar-refractivity contribution in [3.05, 3.63) is 54.7 Å². The summed E-state index contributed by atoms with van der Waals surface area (Å²) in [6, 6.07) is 12.0. The second kappa shape index (κ2) is 12.4. The first-order valence-corrected chi connectivity index (χ1v) is 9.31. The zero-order valence-corrected chi connectivity index (χ0v) is 18.5. The van der Waals surface area contributed by atoms with Crippen molar-refractivity contribution in [1.29, 1.82) is 0 Å². The van der Waals surface area contributed by atoms with Gasteiger partial charge in [-0.05, 0) is 37.1 Å². The second-order valence-corrected chi connectivity index (χ2v) is 6.19. The van der Waals surface area contributed by atoms with Crippen molar-refractivity contribution in [2.45, 2.75) is 26.0 Å². The predicted octanol–water partition coefficient (Wildman–Crippen LogP) is 3.41. The fourth-order valence-electron chi connectivity index (χ4n) is 2.81. The largest absolute Gasteiger partial charge is 0.467 e. The SMILES string of the molecule is CN=C(NCCCOCc1ccco1)NCCCn1cnc2ccccc21.I. The summed E-state index contributed by atoms with van der Waals surface area (Å²) in [5.41, 5.74) is 2.21. The molecule has 0 bridgehead atoms. The fraction of sp³-hybridized carbons (Fsp3) is 0.400. The molecule has 2 heterocycles. The normalized spacial score (nSPS) is 11.4. The molecule has 152 valence electrons. The van der Waals surface area contributed by atoms with Gasteiger partial charge >= 0.3 is 0 Å². The van der Waals surface area contributed by atoms with Crippen LogP contribution in [0.15, 0.2) is 58.4 Å². The van der Waals surface area contributed by atoms with Gasteiger partial charge < -0.3 is 24.4 Å². The molecule has 0 aliphatic heterocycles. The molecule has 0 saturated carbocycles. The summed E-state index contributed by atoms with van der Waals surface area (Å²) in [7, 11) is 1.78. The maximum atomic E-state index is 5.57. The van der Waals surface area contributed by atoms with Crippen molar-refractivity contribution in [3.63, 3.8) is 0 Å². The van der Waals surface area contributed by atoms with Gasteiger partial charge in [-0.15, -0.1) is 24.0 Å². The van der Waals surface area contributed by atoms with E-state index < -0.39 is 0 Å². The molecule has 8 heteroatoms. The van der Waals surface area contributed by atoms with Crippen LogP contribution in [0.2, 0.25) is 0 Å². The van der Waals surface area contributed by atoms with Crippen molar-refractivity contribution in [1.82, 2.24) is 20.2 Å². The molecular weight excluding hydrogens is 469 g/mol. The Balaban J connectivity index is 0.00000280. The second-order valence-electron chi connectivity index (χ2n) is 6.19. The average molecular weight is 497 g/mol. The van der Waals surface area contributed by atoms with Crippen LogP contribution in [0, 0.1) is 0 Å². The highest BCUT2D eigenvalue weighted by Gasteiger charge is 2.02. The minimum absolute atomic E-state index is 0. The molecule has 28 heavy (non-hydrogen) atoms. The number of benzene rings is 1. The number of halogens is 1. The molecule has 0 spiro atoms. The van der Waals surface area contributed by atoms with Gasteiger partial charge in [0.25, 0.3) is 0 Å². The van der Waals surface area contributed by atoms with Crippen molar-refractivity contribution in [3.8, 4) is 0 Å². The Morgan fingerprint density at radius 3 is 2.75 bits per heavy atom. The zero-order chi connectivity index (χ0) is 18.7. The Labute approximate surface area is 182 Å². The standard InChI is InChI=1S/C20H27N5O2.HI/c1-21-20(23-11-6-13-26-15-17-7-4-14-27-17)22-10-5-12-25-16-24-18-8-2-3-9-19(18)25;/h2-4,7-9,14,16H,5-6,10-13,15H2,1H3,(H2,21,22,23);1H. The maximum Gasteiger partial charge on any atom is 0.190 e. The number of aliphatic imine (C=N–C) groups is 1. The van der Waals surface area contributed by atoms with E-state index in [0.29, 0.717) is 13.2 Å². The zero-order valence-electron chi connectivity index (χ0n) is 16.1. The molecule has 0 radical (unpaired) electrons. The van der Waals surface area contributed by atoms with Gasteiger partial charge in [0, 0.05) is 33.3 Å². The smallest absolute Gasteiger partial charge is 0.190 e. The number of furan rings is 1. The molecule has 3 aromatic rings. The molecule has 0 amide bonds. The van der Waals surface area contributed by atoms with Crippen LogP contribution in [0.1, 0.15) is 18.6 Å². The topological polar surface area (TPSA) is 76.6 Å². The highest BCUT2D eigenvalue weighted by atomic mass is 127. The minimum atomic E-state index is 0. The number of nitrogens with zero attached hydrogens (tertiary/aromatic N) is 3. The number of imidazole rings is 1. The molecule has 7 nitrogen and oxygen atoms in total. The lowest BCUT2D eigenvalue weighted by molar-refractivity contribution is 0.105. The van der Waals surface area contributed by atoms with Gasteiger partial charge in [0.15, 0.2) is 5.96 Å². The van der Waals surface area contributed by atoms with Gasteiger partial charge in [0.2, 0.25) is 0 Å². The van der Waals surface area contributed by atoms with Gasteiger partial charge in [-0.3, -0.25) is 4.99 Å². The lowest BCUT2D eigenvalue weighted by Crippen LogP contribution is -2.38. The Bertz CT molecular complexity index is 832. The van der Waals surface area contributed by atoms with Crippen molar-refractivity contribution in [2.75, 3.05) is 26.7 Å². The van der Waals surface area contributed by atoms with Gasteiger partial charge in [0.1, 0.15) is 12.4 Å². The van der Waals surface area contributed by atoms with E-state index in [1.165, 1.54) is 5.52 Å². The van der Waals surface area contributed by atoms with E-state index in [-0.39, 0.29) is 24.0 Å². The van der Waals surface area contributed by atoms with Crippen LogP contribution >= 0.6 is 24.0 Å². The van der Waals surface area contributed by atoms with Crippen LogP contribution in [0.3, 0.4) is 0 Å². The van der Waals surface area contributed by atoms with Crippen molar-refractivity contribution >= 4 is 41.0 Å². The number of rotatable bonds is 10. The molecule has 0 aliphatic carbocycles. The van der Waals surface area contributed by atoms with E-state index in [1.54, 1.807) is 13.3 Å². The maximum absolute atomic E-state index is 5.57. The lowest BCUT2D eigenvalue weighted by Gasteiger charge is -2.12. The monoisotopic (exact) mass is 497 g/mol. The molecule has 3 rings (SSSR count). The van der Waals surface area contributed by atoms with Crippen LogP contribution < -0.4 is 10.6 Å². The highest BCUT2D eigenvalue weighted by molar-refractivity contribution is 14.0. The first kappa shape index (κ1) is 22.2. The van der Waals surface area contributed by atoms with E-state index in [1.807, 2.05) is 36.7 Å². The van der Waals surface area contributed by atoms with Crippen molar-refractivity contribution in [2.24, 2.45) is 4.99 Å². The molecule has 0 saturated heterocycles. The number of fused-ring (bicyclic) bond motifs is 1. The van der Waals surface area contributed by atoms with Crippen LogP contribution in [-0.2, 0) is 17.9 Å². The summed E-state index contributed by atoms with van der Waals surface area (Å²) in [6.45, 7) is 3.78. The quantitative estimate of drug-likeness (QED) is 0.194. The molecule has 0 unspecified atom stereocenters. The summed E-state index contributed by atoms with van der Waals surface area (Å²) < 4.78 is 13.0. The fourth-order valence-corrected chi connectivity index (χ4v) is 2.81. The van der Waals surface area contributed by atoms with Crippen LogP contribution in [0.25, 0.3) is 11.0 Å². The summed E-state index contributed by atoms with van der Waals surface area (Å²) >= 11 is 0. The minimum Gasteiger partial charge on any atom is -0.467 e. The molecule has 2 aromatic heterocycles. The third-order valence-electron chi connectivity index (χ3n) is 4.20. The number of hydrogen-bond donors (Lipinski definition) is 2. The summed E-state index contributed by atoms with van der Waals surface area (Å²) in [5, 5.41) is 6.65. The molecule has 1 aromatic carbocycles. The number of guanidine groups is 1. The van der Waals surface area contributed by atoms with E-state index in [0.717, 1.165) is 49.7 Å². The van der Waals surface area contributed by atoms with Crippen LogP contribution in [0.4, 0.5) is 0 Å². The molecule has 0 aliphatic rings. The van der Waals surface area contributed by atoms with Crippen LogP contribution in [0.5, 0.6) is 0 Å². The number of aromatic nitrogens is 2. The number of para-hydroxylation sites is 2. The Hall–Kier alpha value is -2.07. The summed E-state index contributed by atoms with van der Waals surface area (Å²) in [5.74, 6) is 1.67. The Morgan fingerprint density at radius 1 is 1.14 bits per heavy atom. The van der Waals surface area contributed by atoms with E-state index >= 15 is 0 Å². The first-order chi connectivity index (χ1) is 13.4. The Kier molecular flexibility index (Phi) is 9.84. The molecular formula is C20H28IN5O2. The molecule has 0 atom stereocenters. The molecule has 0 fully saturated rings. The summed E-state index contributed by atoms with van der Waals surface area (Å²) in [6.07, 6.45) is 5.46. The Morgan fingerprint density at radius 2 is 1.96 bits per heavy atom. The van der Waals surface area contributed by atoms with E-state index in [9.17, 15) is 0 Å².